The molecule has 1 aromatic rings. The summed E-state index contributed by atoms with van der Waals surface area (Å²) in [5.74, 6) is -0.228. The molecule has 13 heavy (non-hydrogen) atoms. The Bertz CT molecular complexity index is 243. The maximum Gasteiger partial charge on any atom is 0.123 e. The van der Waals surface area contributed by atoms with Crippen LogP contribution in [0, 0.1) is 5.82 Å². The molecule has 0 unspecified atom stereocenters. The van der Waals surface area contributed by atoms with E-state index < -0.39 is 0 Å². The van der Waals surface area contributed by atoms with Crippen LogP contribution < -0.4 is 0 Å². The molecule has 0 fully saturated rings. The Morgan fingerprint density at radius 1 is 1.31 bits per heavy atom. The molecular weight excluding hydrogens is 167 g/mol. The Labute approximate surface area is 78.2 Å². The maximum absolute atomic E-state index is 12.5. The summed E-state index contributed by atoms with van der Waals surface area (Å²) in [6, 6.07) is 6.28. The third kappa shape index (κ3) is 3.55. The highest BCUT2D eigenvalue weighted by molar-refractivity contribution is 5.16. The van der Waals surface area contributed by atoms with Crippen LogP contribution in [0.4, 0.5) is 4.39 Å². The van der Waals surface area contributed by atoms with Crippen molar-refractivity contribution >= 4 is 0 Å². The first-order valence-electron chi connectivity index (χ1n) is 4.65. The van der Waals surface area contributed by atoms with E-state index in [0.29, 0.717) is 6.42 Å². The Balaban J connectivity index is 2.49. The number of aliphatic hydroxyl groups is 1. The zero-order valence-electron chi connectivity index (χ0n) is 7.83. The molecule has 0 saturated heterocycles. The summed E-state index contributed by atoms with van der Waals surface area (Å²) in [7, 11) is 0. The fraction of sp³-hybridized carbons (Fsp3) is 0.455. The van der Waals surface area contributed by atoms with Gasteiger partial charge in [-0.1, -0.05) is 25.5 Å². The summed E-state index contributed by atoms with van der Waals surface area (Å²) in [6.07, 6.45) is 2.10. The van der Waals surface area contributed by atoms with Gasteiger partial charge in [0.25, 0.3) is 0 Å². The summed E-state index contributed by atoms with van der Waals surface area (Å²) in [6.45, 7) is 2.04. The molecule has 0 amide bonds. The standard InChI is InChI=1S/C11H15FO/c1-2-3-11(13)8-9-4-6-10(12)7-5-9/h4-7,11,13H,2-3,8H2,1H3/t11-/m1/s1. The monoisotopic (exact) mass is 182 g/mol. The Kier molecular flexibility index (Phi) is 3.90. The lowest BCUT2D eigenvalue weighted by Crippen LogP contribution is -2.09. The molecule has 0 bridgehead atoms. The third-order valence-corrected chi connectivity index (χ3v) is 2.01. The van der Waals surface area contributed by atoms with Crippen molar-refractivity contribution in [1.29, 1.82) is 0 Å². The minimum Gasteiger partial charge on any atom is -0.393 e. The average molecular weight is 182 g/mol. The fourth-order valence-electron chi connectivity index (χ4n) is 1.33. The quantitative estimate of drug-likeness (QED) is 0.758. The third-order valence-electron chi connectivity index (χ3n) is 2.01. The van der Waals surface area contributed by atoms with Crippen molar-refractivity contribution in [3.8, 4) is 0 Å². The Hall–Kier alpha value is -0.890. The van der Waals surface area contributed by atoms with Crippen molar-refractivity contribution in [3.05, 3.63) is 35.6 Å². The molecule has 0 aliphatic carbocycles. The van der Waals surface area contributed by atoms with E-state index >= 15 is 0 Å². The highest BCUT2D eigenvalue weighted by atomic mass is 19.1. The molecule has 72 valence electrons. The molecule has 0 saturated carbocycles. The molecule has 1 atom stereocenters. The highest BCUT2D eigenvalue weighted by Crippen LogP contribution is 2.08. The van der Waals surface area contributed by atoms with Crippen molar-refractivity contribution in [1.82, 2.24) is 0 Å². The minimum absolute atomic E-state index is 0.228. The van der Waals surface area contributed by atoms with Gasteiger partial charge in [-0.25, -0.2) is 4.39 Å². The number of aliphatic hydroxyl groups excluding tert-OH is 1. The van der Waals surface area contributed by atoms with Crippen LogP contribution in [-0.4, -0.2) is 11.2 Å². The molecule has 2 heteroatoms. The highest BCUT2D eigenvalue weighted by Gasteiger charge is 2.03. The largest absolute Gasteiger partial charge is 0.393 e. The summed E-state index contributed by atoms with van der Waals surface area (Å²) in [5.41, 5.74) is 0.988. The van der Waals surface area contributed by atoms with Crippen molar-refractivity contribution in [3.63, 3.8) is 0 Å². The molecule has 1 aromatic carbocycles. The molecule has 1 N–H and O–H groups in total. The minimum atomic E-state index is -0.296. The number of hydrogen-bond donors (Lipinski definition) is 1. The topological polar surface area (TPSA) is 20.2 Å². The lowest BCUT2D eigenvalue weighted by molar-refractivity contribution is 0.164. The van der Waals surface area contributed by atoms with Crippen LogP contribution >= 0.6 is 0 Å². The van der Waals surface area contributed by atoms with Gasteiger partial charge in [0.2, 0.25) is 0 Å². The van der Waals surface area contributed by atoms with Gasteiger partial charge in [-0.3, -0.25) is 0 Å². The van der Waals surface area contributed by atoms with E-state index in [1.807, 2.05) is 6.92 Å². The first kappa shape index (κ1) is 10.2. The van der Waals surface area contributed by atoms with E-state index in [9.17, 15) is 9.50 Å². The average Bonchev–Trinajstić information content (AvgIpc) is 2.09. The predicted molar refractivity (Wildman–Crippen MR) is 51.0 cm³/mol. The van der Waals surface area contributed by atoms with Crippen LogP contribution in [0.1, 0.15) is 25.3 Å². The molecule has 0 aliphatic heterocycles. The normalized spacial score (nSPS) is 12.8. The van der Waals surface area contributed by atoms with E-state index in [-0.39, 0.29) is 11.9 Å². The van der Waals surface area contributed by atoms with Gasteiger partial charge >= 0.3 is 0 Å². The molecule has 0 heterocycles. The van der Waals surface area contributed by atoms with Gasteiger partial charge in [-0.2, -0.15) is 0 Å². The van der Waals surface area contributed by atoms with Gasteiger partial charge in [0, 0.05) is 0 Å². The number of hydrogen-bond acceptors (Lipinski definition) is 1. The van der Waals surface area contributed by atoms with Gasteiger partial charge in [-0.15, -0.1) is 0 Å². The van der Waals surface area contributed by atoms with Crippen molar-refractivity contribution in [2.75, 3.05) is 0 Å². The fourth-order valence-corrected chi connectivity index (χ4v) is 1.33. The first-order chi connectivity index (χ1) is 6.22. The zero-order chi connectivity index (χ0) is 9.68. The number of rotatable bonds is 4. The Morgan fingerprint density at radius 2 is 1.92 bits per heavy atom. The van der Waals surface area contributed by atoms with Crippen LogP contribution in [0.25, 0.3) is 0 Å². The second-order valence-corrected chi connectivity index (χ2v) is 3.27. The predicted octanol–water partition coefficient (Wildman–Crippen LogP) is 2.53. The number of halogens is 1. The van der Waals surface area contributed by atoms with E-state index in [2.05, 4.69) is 0 Å². The Morgan fingerprint density at radius 3 is 2.46 bits per heavy atom. The molecule has 0 aliphatic rings. The van der Waals surface area contributed by atoms with Crippen LogP contribution in [0.15, 0.2) is 24.3 Å². The summed E-state index contributed by atoms with van der Waals surface area (Å²) in [4.78, 5) is 0. The van der Waals surface area contributed by atoms with Crippen molar-refractivity contribution < 1.29 is 9.50 Å². The van der Waals surface area contributed by atoms with Gasteiger partial charge in [0.1, 0.15) is 5.82 Å². The van der Waals surface area contributed by atoms with Crippen LogP contribution in [-0.2, 0) is 6.42 Å². The van der Waals surface area contributed by atoms with Gasteiger partial charge in [0.05, 0.1) is 6.10 Å². The summed E-state index contributed by atoms with van der Waals surface area (Å²) >= 11 is 0. The van der Waals surface area contributed by atoms with Crippen LogP contribution in [0.5, 0.6) is 0 Å². The van der Waals surface area contributed by atoms with Crippen molar-refractivity contribution in [2.45, 2.75) is 32.3 Å². The maximum atomic E-state index is 12.5. The molecule has 0 aromatic heterocycles. The van der Waals surface area contributed by atoms with Gasteiger partial charge in [0.15, 0.2) is 0 Å². The number of benzene rings is 1. The second kappa shape index (κ2) is 4.97. The van der Waals surface area contributed by atoms with E-state index in [1.54, 1.807) is 12.1 Å². The molecule has 0 radical (unpaired) electrons. The lowest BCUT2D eigenvalue weighted by Gasteiger charge is -2.08. The summed E-state index contributed by atoms with van der Waals surface area (Å²) < 4.78 is 12.5. The van der Waals surface area contributed by atoms with Crippen LogP contribution in [0.3, 0.4) is 0 Å². The molecule has 0 spiro atoms. The van der Waals surface area contributed by atoms with E-state index in [1.165, 1.54) is 12.1 Å². The molecule has 1 rings (SSSR count). The lowest BCUT2D eigenvalue weighted by atomic mass is 10.0. The SMILES string of the molecule is CCC[C@@H](O)Cc1ccc(F)cc1. The first-order valence-corrected chi connectivity index (χ1v) is 4.65. The van der Waals surface area contributed by atoms with Crippen LogP contribution in [0.2, 0.25) is 0 Å². The smallest absolute Gasteiger partial charge is 0.123 e. The zero-order valence-corrected chi connectivity index (χ0v) is 7.83. The van der Waals surface area contributed by atoms with Gasteiger partial charge in [-0.05, 0) is 30.5 Å². The molecule has 1 nitrogen and oxygen atoms in total. The molecular formula is C11H15FO. The summed E-state index contributed by atoms with van der Waals surface area (Å²) in [5, 5.41) is 9.48. The second-order valence-electron chi connectivity index (χ2n) is 3.27. The van der Waals surface area contributed by atoms with Gasteiger partial charge < -0.3 is 5.11 Å². The van der Waals surface area contributed by atoms with Crippen molar-refractivity contribution in [2.24, 2.45) is 0 Å². The van der Waals surface area contributed by atoms with E-state index in [0.717, 1.165) is 18.4 Å². The van der Waals surface area contributed by atoms with E-state index in [4.69, 9.17) is 0 Å².